The molecule has 26 heavy (non-hydrogen) atoms. The molecule has 11 heteroatoms. The molecular formula is C15H17N5O6. The highest BCUT2D eigenvalue weighted by Crippen LogP contribution is 2.31. The summed E-state index contributed by atoms with van der Waals surface area (Å²) in [7, 11) is 0. The van der Waals surface area contributed by atoms with Gasteiger partial charge in [-0.2, -0.15) is 0 Å². The fraction of sp³-hybridized carbons (Fsp3) is 0.333. The quantitative estimate of drug-likeness (QED) is 0.584. The zero-order chi connectivity index (χ0) is 19.3. The number of carbonyl (C=O) groups is 1. The second-order valence-corrected chi connectivity index (χ2v) is 6.06. The van der Waals surface area contributed by atoms with E-state index in [1.165, 1.54) is 29.4 Å². The predicted octanol–water partition coefficient (Wildman–Crippen LogP) is 2.97. The molecule has 2 rings (SSSR count). The van der Waals surface area contributed by atoms with E-state index in [1.807, 2.05) is 13.8 Å². The topological polar surface area (TPSA) is 142 Å². The van der Waals surface area contributed by atoms with Crippen molar-refractivity contribution in [3.05, 3.63) is 57.1 Å². The maximum atomic E-state index is 11.7. The van der Waals surface area contributed by atoms with E-state index in [9.17, 15) is 25.0 Å². The molecule has 1 heterocycles. The van der Waals surface area contributed by atoms with Gasteiger partial charge in [-0.1, -0.05) is 0 Å². The highest BCUT2D eigenvalue weighted by Gasteiger charge is 2.26. The van der Waals surface area contributed by atoms with Gasteiger partial charge in [0, 0.05) is 42.2 Å². The number of hydrogen-bond acceptors (Lipinski definition) is 8. The van der Waals surface area contributed by atoms with Crippen LogP contribution in [0.5, 0.6) is 0 Å². The lowest BCUT2D eigenvalue weighted by atomic mass is 10.0. The van der Waals surface area contributed by atoms with E-state index in [-0.39, 0.29) is 6.61 Å². The van der Waals surface area contributed by atoms with Gasteiger partial charge in [0.1, 0.15) is 6.33 Å². The molecule has 0 bridgehead atoms. The molecule has 0 fully saturated rings. The van der Waals surface area contributed by atoms with Crippen molar-refractivity contribution in [3.63, 3.8) is 0 Å². The number of anilines is 1. The van der Waals surface area contributed by atoms with Crippen LogP contribution in [0, 0.1) is 20.2 Å². The van der Waals surface area contributed by atoms with Gasteiger partial charge in [0.15, 0.2) is 0 Å². The number of rotatable bonds is 7. The summed E-state index contributed by atoms with van der Waals surface area (Å²) in [5, 5.41) is 24.9. The van der Waals surface area contributed by atoms with Gasteiger partial charge in [-0.05, 0) is 19.9 Å². The van der Waals surface area contributed by atoms with E-state index in [2.05, 4.69) is 10.3 Å². The number of benzene rings is 1. The van der Waals surface area contributed by atoms with Crippen LogP contribution in [0.4, 0.5) is 21.9 Å². The Labute approximate surface area is 147 Å². The normalized spacial score (nSPS) is 11.0. The van der Waals surface area contributed by atoms with Crippen molar-refractivity contribution in [2.45, 2.75) is 25.8 Å². The van der Waals surface area contributed by atoms with E-state index >= 15 is 0 Å². The number of aromatic nitrogens is 2. The summed E-state index contributed by atoms with van der Waals surface area (Å²) < 4.78 is 6.31. The molecule has 0 saturated heterocycles. The Kier molecular flexibility index (Phi) is 5.50. The third-order valence-electron chi connectivity index (χ3n) is 3.52. The van der Waals surface area contributed by atoms with Gasteiger partial charge < -0.3 is 10.1 Å². The summed E-state index contributed by atoms with van der Waals surface area (Å²) in [5.74, 6) is 0. The lowest BCUT2D eigenvalue weighted by Crippen LogP contribution is -2.33. The fourth-order valence-electron chi connectivity index (χ4n) is 2.19. The number of nitrogens with one attached hydrogen (secondary N) is 1. The van der Waals surface area contributed by atoms with Crippen molar-refractivity contribution in [3.8, 4) is 0 Å². The minimum Gasteiger partial charge on any atom is -0.449 e. The Bertz CT molecular complexity index is 818. The van der Waals surface area contributed by atoms with Gasteiger partial charge >= 0.3 is 17.5 Å². The van der Waals surface area contributed by atoms with Crippen molar-refractivity contribution >= 4 is 23.2 Å². The molecule has 1 N–H and O–H groups in total. The summed E-state index contributed by atoms with van der Waals surface area (Å²) in [5.41, 5.74) is -1.40. The predicted molar refractivity (Wildman–Crippen MR) is 91.0 cm³/mol. The van der Waals surface area contributed by atoms with Crippen LogP contribution >= 0.6 is 0 Å². The molecule has 2 aromatic rings. The van der Waals surface area contributed by atoms with E-state index in [4.69, 9.17) is 4.74 Å². The second kappa shape index (κ2) is 7.59. The SMILES string of the molecule is CC(C)(CCOC(=O)n1ccnc1)Nc1ccc([N+](=O)[O-])c([N+](=O)[O-])c1. The van der Waals surface area contributed by atoms with Crippen LogP contribution in [0.15, 0.2) is 36.9 Å². The van der Waals surface area contributed by atoms with E-state index in [0.717, 1.165) is 12.1 Å². The smallest absolute Gasteiger partial charge is 0.419 e. The van der Waals surface area contributed by atoms with Gasteiger partial charge in [-0.15, -0.1) is 0 Å². The lowest BCUT2D eigenvalue weighted by Gasteiger charge is -2.27. The van der Waals surface area contributed by atoms with Gasteiger partial charge in [0.05, 0.1) is 16.5 Å². The van der Waals surface area contributed by atoms with Crippen LogP contribution < -0.4 is 5.32 Å². The number of ether oxygens (including phenoxy) is 1. The van der Waals surface area contributed by atoms with Crippen LogP contribution in [-0.4, -0.2) is 37.6 Å². The van der Waals surface area contributed by atoms with E-state index < -0.39 is 32.9 Å². The number of nitrogens with zero attached hydrogens (tertiary/aromatic N) is 4. The zero-order valence-corrected chi connectivity index (χ0v) is 14.1. The largest absolute Gasteiger partial charge is 0.449 e. The molecule has 0 aliphatic carbocycles. The van der Waals surface area contributed by atoms with Crippen molar-refractivity contribution < 1.29 is 19.4 Å². The van der Waals surface area contributed by atoms with Gasteiger partial charge in [0.25, 0.3) is 0 Å². The number of imidazole rings is 1. The Hall–Kier alpha value is -3.50. The van der Waals surface area contributed by atoms with Crippen molar-refractivity contribution in [1.82, 2.24) is 9.55 Å². The molecule has 0 aliphatic heterocycles. The molecule has 0 saturated carbocycles. The van der Waals surface area contributed by atoms with Gasteiger partial charge in [0.2, 0.25) is 0 Å². The first kappa shape index (κ1) is 18.8. The summed E-state index contributed by atoms with van der Waals surface area (Å²) in [6, 6.07) is 3.58. The average Bonchev–Trinajstić information content (AvgIpc) is 3.08. The van der Waals surface area contributed by atoms with Crippen molar-refractivity contribution in [2.75, 3.05) is 11.9 Å². The maximum absolute atomic E-state index is 11.7. The monoisotopic (exact) mass is 363 g/mol. The molecule has 0 aliphatic rings. The number of hydrogen-bond donors (Lipinski definition) is 1. The van der Waals surface area contributed by atoms with Crippen LogP contribution in [0.2, 0.25) is 0 Å². The maximum Gasteiger partial charge on any atom is 0.419 e. The van der Waals surface area contributed by atoms with Crippen LogP contribution in [-0.2, 0) is 4.74 Å². The fourth-order valence-corrected chi connectivity index (χ4v) is 2.19. The minimum absolute atomic E-state index is 0.103. The van der Waals surface area contributed by atoms with E-state index in [0.29, 0.717) is 12.1 Å². The Morgan fingerprint density at radius 3 is 2.54 bits per heavy atom. The van der Waals surface area contributed by atoms with E-state index in [1.54, 1.807) is 0 Å². The Balaban J connectivity index is 1.99. The number of nitro groups is 2. The number of nitro benzene ring substituents is 2. The third-order valence-corrected chi connectivity index (χ3v) is 3.52. The Morgan fingerprint density at radius 1 is 1.27 bits per heavy atom. The zero-order valence-electron chi connectivity index (χ0n) is 14.1. The van der Waals surface area contributed by atoms with Crippen molar-refractivity contribution in [2.24, 2.45) is 0 Å². The van der Waals surface area contributed by atoms with Gasteiger partial charge in [-0.3, -0.25) is 20.2 Å². The third kappa shape index (κ3) is 4.75. The number of carbonyl (C=O) groups excluding carboxylic acids is 1. The van der Waals surface area contributed by atoms with Crippen LogP contribution in [0.1, 0.15) is 20.3 Å². The first-order chi connectivity index (χ1) is 12.2. The highest BCUT2D eigenvalue weighted by molar-refractivity contribution is 5.70. The standard InChI is InChI=1S/C15H17N5O6/c1-15(2,5-8-26-14(21)18-7-6-16-10-18)17-11-3-4-12(19(22)23)13(9-11)20(24)25/h3-4,6-7,9-10,17H,5,8H2,1-2H3. The molecule has 1 aromatic heterocycles. The second-order valence-electron chi connectivity index (χ2n) is 6.06. The molecule has 0 atom stereocenters. The minimum atomic E-state index is -0.803. The molecule has 0 spiro atoms. The Morgan fingerprint density at radius 2 is 1.96 bits per heavy atom. The van der Waals surface area contributed by atoms with Crippen molar-refractivity contribution in [1.29, 1.82) is 0 Å². The van der Waals surface area contributed by atoms with Gasteiger partial charge in [-0.25, -0.2) is 14.3 Å². The molecule has 1 aromatic carbocycles. The van der Waals surface area contributed by atoms with Crippen LogP contribution in [0.3, 0.4) is 0 Å². The molecule has 11 nitrogen and oxygen atoms in total. The summed E-state index contributed by atoms with van der Waals surface area (Å²) >= 11 is 0. The molecule has 0 unspecified atom stereocenters. The molecule has 0 amide bonds. The average molecular weight is 363 g/mol. The summed E-state index contributed by atoms with van der Waals surface area (Å²) in [6.07, 6.45) is 4.07. The summed E-state index contributed by atoms with van der Waals surface area (Å²) in [6.45, 7) is 3.72. The lowest BCUT2D eigenvalue weighted by molar-refractivity contribution is -0.422. The first-order valence-corrected chi connectivity index (χ1v) is 7.56. The molecular weight excluding hydrogens is 346 g/mol. The first-order valence-electron chi connectivity index (χ1n) is 7.56. The van der Waals surface area contributed by atoms with Crippen LogP contribution in [0.25, 0.3) is 0 Å². The summed E-state index contributed by atoms with van der Waals surface area (Å²) in [4.78, 5) is 35.7. The molecule has 0 radical (unpaired) electrons. The molecule has 138 valence electrons. The highest BCUT2D eigenvalue weighted by atomic mass is 16.6.